The van der Waals surface area contributed by atoms with Gasteiger partial charge in [-0.3, -0.25) is 14.9 Å². The number of nitrogens with two attached hydrogens (primary N) is 1. The number of nitro benzene ring substituents is 1. The van der Waals surface area contributed by atoms with Crippen molar-refractivity contribution in [1.29, 1.82) is 0 Å². The van der Waals surface area contributed by atoms with E-state index < -0.39 is 4.92 Å². The van der Waals surface area contributed by atoms with E-state index >= 15 is 0 Å². The molecule has 0 unspecified atom stereocenters. The van der Waals surface area contributed by atoms with Gasteiger partial charge in [0.25, 0.3) is 11.6 Å². The lowest BCUT2D eigenvalue weighted by Crippen LogP contribution is -2.23. The van der Waals surface area contributed by atoms with Crippen molar-refractivity contribution in [3.05, 3.63) is 68.7 Å². The van der Waals surface area contributed by atoms with E-state index in [-0.39, 0.29) is 18.1 Å². The molecule has 2 aromatic rings. The van der Waals surface area contributed by atoms with Gasteiger partial charge in [0.2, 0.25) is 0 Å². The topological polar surface area (TPSA) is 98.3 Å². The zero-order valence-corrected chi connectivity index (χ0v) is 11.6. The van der Waals surface area contributed by atoms with Gasteiger partial charge in [0.1, 0.15) is 0 Å². The second kappa shape index (κ2) is 6.23. The molecule has 108 valence electrons. The van der Waals surface area contributed by atoms with E-state index in [1.165, 1.54) is 18.2 Å². The highest BCUT2D eigenvalue weighted by molar-refractivity contribution is 6.31. The fourth-order valence-corrected chi connectivity index (χ4v) is 1.93. The van der Waals surface area contributed by atoms with Crippen LogP contribution in [0.3, 0.4) is 0 Å². The summed E-state index contributed by atoms with van der Waals surface area (Å²) in [4.78, 5) is 22.0. The number of nitrogens with one attached hydrogen (secondary N) is 1. The van der Waals surface area contributed by atoms with Crippen LogP contribution in [0.2, 0.25) is 5.02 Å². The van der Waals surface area contributed by atoms with Crippen LogP contribution in [-0.4, -0.2) is 10.8 Å². The maximum atomic E-state index is 12.0. The number of nitrogens with zero attached hydrogens (tertiary/aromatic N) is 1. The van der Waals surface area contributed by atoms with Gasteiger partial charge < -0.3 is 11.1 Å². The fourth-order valence-electron chi connectivity index (χ4n) is 1.75. The molecule has 0 aliphatic carbocycles. The van der Waals surface area contributed by atoms with Crippen LogP contribution in [0.4, 0.5) is 11.4 Å². The first-order chi connectivity index (χ1) is 9.97. The summed E-state index contributed by atoms with van der Waals surface area (Å²) in [6, 6.07) is 10.6. The summed E-state index contributed by atoms with van der Waals surface area (Å²) in [6.45, 7) is 0.249. The smallest absolute Gasteiger partial charge is 0.269 e. The van der Waals surface area contributed by atoms with Crippen molar-refractivity contribution in [3.8, 4) is 0 Å². The minimum atomic E-state index is -0.475. The summed E-state index contributed by atoms with van der Waals surface area (Å²) < 4.78 is 0. The third-order valence-electron chi connectivity index (χ3n) is 2.86. The molecule has 1 amide bonds. The van der Waals surface area contributed by atoms with Crippen molar-refractivity contribution in [3.63, 3.8) is 0 Å². The van der Waals surface area contributed by atoms with Gasteiger partial charge in [-0.1, -0.05) is 23.7 Å². The van der Waals surface area contributed by atoms with Crippen LogP contribution in [0, 0.1) is 10.1 Å². The SMILES string of the molecule is Nc1cc(Cl)ccc1C(=O)NCc1ccc([N+](=O)[O-])cc1. The van der Waals surface area contributed by atoms with Gasteiger partial charge in [0.05, 0.1) is 10.5 Å². The number of nitro groups is 1. The third kappa shape index (κ3) is 3.70. The molecule has 6 nitrogen and oxygen atoms in total. The molecule has 0 bridgehead atoms. The number of hydrogen-bond donors (Lipinski definition) is 2. The molecule has 0 aromatic heterocycles. The molecule has 0 saturated heterocycles. The zero-order valence-electron chi connectivity index (χ0n) is 10.9. The molecule has 2 rings (SSSR count). The molecule has 21 heavy (non-hydrogen) atoms. The molecular weight excluding hydrogens is 294 g/mol. The Morgan fingerprint density at radius 3 is 2.48 bits per heavy atom. The Morgan fingerprint density at radius 1 is 1.24 bits per heavy atom. The van der Waals surface area contributed by atoms with E-state index in [4.69, 9.17) is 17.3 Å². The van der Waals surface area contributed by atoms with Crippen LogP contribution in [0.25, 0.3) is 0 Å². The number of nitrogen functional groups attached to an aromatic ring is 1. The average Bonchev–Trinajstić information content (AvgIpc) is 2.45. The molecule has 0 fully saturated rings. The van der Waals surface area contributed by atoms with Crippen molar-refractivity contribution < 1.29 is 9.72 Å². The average molecular weight is 306 g/mol. The number of carbonyl (C=O) groups is 1. The van der Waals surface area contributed by atoms with Gasteiger partial charge in [0.15, 0.2) is 0 Å². The minimum absolute atomic E-state index is 0.00650. The highest BCUT2D eigenvalue weighted by Gasteiger charge is 2.10. The predicted octanol–water partition coefficient (Wildman–Crippen LogP) is 2.76. The second-order valence-electron chi connectivity index (χ2n) is 4.34. The van der Waals surface area contributed by atoms with Gasteiger partial charge in [-0.25, -0.2) is 0 Å². The van der Waals surface area contributed by atoms with Crippen molar-refractivity contribution in [2.45, 2.75) is 6.54 Å². The lowest BCUT2D eigenvalue weighted by molar-refractivity contribution is -0.384. The van der Waals surface area contributed by atoms with Crippen molar-refractivity contribution in [2.75, 3.05) is 5.73 Å². The number of carbonyl (C=O) groups excluding carboxylic acids is 1. The van der Waals surface area contributed by atoms with Crippen LogP contribution in [0.1, 0.15) is 15.9 Å². The summed E-state index contributed by atoms with van der Waals surface area (Å²) in [6.07, 6.45) is 0. The van der Waals surface area contributed by atoms with Gasteiger partial charge in [-0.05, 0) is 23.8 Å². The molecule has 2 aromatic carbocycles. The lowest BCUT2D eigenvalue weighted by atomic mass is 10.1. The number of rotatable bonds is 4. The Bertz CT molecular complexity index is 686. The molecule has 0 saturated carbocycles. The van der Waals surface area contributed by atoms with E-state index in [1.807, 2.05) is 0 Å². The van der Waals surface area contributed by atoms with Crippen LogP contribution in [0.15, 0.2) is 42.5 Å². The Balaban J connectivity index is 2.02. The molecular formula is C14H12ClN3O3. The summed E-state index contributed by atoms with van der Waals surface area (Å²) in [5, 5.41) is 13.7. The van der Waals surface area contributed by atoms with E-state index in [1.54, 1.807) is 24.3 Å². The minimum Gasteiger partial charge on any atom is -0.398 e. The van der Waals surface area contributed by atoms with Gasteiger partial charge in [-0.2, -0.15) is 0 Å². The summed E-state index contributed by atoms with van der Waals surface area (Å²) in [5.74, 6) is -0.331. The van der Waals surface area contributed by atoms with Crippen LogP contribution >= 0.6 is 11.6 Å². The summed E-state index contributed by atoms with van der Waals surface area (Å²) >= 11 is 5.77. The first-order valence-corrected chi connectivity index (χ1v) is 6.42. The first-order valence-electron chi connectivity index (χ1n) is 6.04. The zero-order chi connectivity index (χ0) is 15.4. The number of hydrogen-bond acceptors (Lipinski definition) is 4. The maximum absolute atomic E-state index is 12.0. The standard InChI is InChI=1S/C14H12ClN3O3/c15-10-3-6-12(13(16)7-10)14(19)17-8-9-1-4-11(5-2-9)18(20)21/h1-7H,8,16H2,(H,17,19). The van der Waals surface area contributed by atoms with Gasteiger partial charge in [0, 0.05) is 29.4 Å². The molecule has 0 radical (unpaired) electrons. The normalized spacial score (nSPS) is 10.1. The van der Waals surface area contributed by atoms with Crippen LogP contribution < -0.4 is 11.1 Å². The largest absolute Gasteiger partial charge is 0.398 e. The Morgan fingerprint density at radius 2 is 1.90 bits per heavy atom. The van der Waals surface area contributed by atoms with E-state index in [0.717, 1.165) is 5.56 Å². The van der Waals surface area contributed by atoms with Gasteiger partial charge in [-0.15, -0.1) is 0 Å². The summed E-state index contributed by atoms with van der Waals surface area (Å²) in [7, 11) is 0. The highest BCUT2D eigenvalue weighted by atomic mass is 35.5. The Labute approximate surface area is 125 Å². The lowest BCUT2D eigenvalue weighted by Gasteiger charge is -2.08. The highest BCUT2D eigenvalue weighted by Crippen LogP contribution is 2.18. The summed E-state index contributed by atoms with van der Waals surface area (Å²) in [5.41, 5.74) is 7.11. The fraction of sp³-hybridized carbons (Fsp3) is 0.0714. The number of halogens is 1. The van der Waals surface area contributed by atoms with Crippen LogP contribution in [0.5, 0.6) is 0 Å². The molecule has 7 heteroatoms. The third-order valence-corrected chi connectivity index (χ3v) is 3.09. The Kier molecular flexibility index (Phi) is 4.39. The van der Waals surface area contributed by atoms with Crippen LogP contribution in [-0.2, 0) is 6.54 Å². The van der Waals surface area contributed by atoms with Crippen molar-refractivity contribution in [2.24, 2.45) is 0 Å². The maximum Gasteiger partial charge on any atom is 0.269 e. The first kappa shape index (κ1) is 14.8. The monoisotopic (exact) mass is 305 g/mol. The quantitative estimate of drug-likeness (QED) is 0.515. The molecule has 0 heterocycles. The molecule has 0 atom stereocenters. The molecule has 0 aliphatic rings. The van der Waals surface area contributed by atoms with Crippen molar-refractivity contribution >= 4 is 28.9 Å². The molecule has 3 N–H and O–H groups in total. The number of anilines is 1. The van der Waals surface area contributed by atoms with Gasteiger partial charge >= 0.3 is 0 Å². The Hall–Kier alpha value is -2.60. The number of non-ortho nitro benzene ring substituents is 1. The van der Waals surface area contributed by atoms with Crippen molar-refractivity contribution in [1.82, 2.24) is 5.32 Å². The molecule has 0 aliphatic heterocycles. The number of amides is 1. The van der Waals surface area contributed by atoms with E-state index in [2.05, 4.69) is 5.32 Å². The molecule has 0 spiro atoms. The second-order valence-corrected chi connectivity index (χ2v) is 4.77. The van der Waals surface area contributed by atoms with E-state index in [9.17, 15) is 14.9 Å². The van der Waals surface area contributed by atoms with E-state index in [0.29, 0.717) is 16.3 Å². The number of benzene rings is 2. The predicted molar refractivity (Wildman–Crippen MR) is 80.1 cm³/mol.